The number of nitrogens with zero attached hydrogens (tertiary/aromatic N) is 3. The molecular weight excluding hydrogens is 553 g/mol. The Bertz CT molecular complexity index is 1440. The van der Waals surface area contributed by atoms with E-state index in [1.54, 1.807) is 50.2 Å². The molecule has 2 heterocycles. The van der Waals surface area contributed by atoms with Crippen LogP contribution in [0.1, 0.15) is 38.8 Å². The van der Waals surface area contributed by atoms with Gasteiger partial charge in [-0.2, -0.15) is 23.1 Å². The summed E-state index contributed by atoms with van der Waals surface area (Å²) >= 11 is 6.77. The Morgan fingerprint density at radius 2 is 1.95 bits per heavy atom. The fourth-order valence-electron chi connectivity index (χ4n) is 4.00. The molecule has 4 N–H and O–H groups in total. The van der Waals surface area contributed by atoms with Crippen LogP contribution in [0.25, 0.3) is 11.1 Å². The van der Waals surface area contributed by atoms with Crippen LogP contribution in [0, 0.1) is 5.92 Å². The van der Waals surface area contributed by atoms with Crippen LogP contribution < -0.4 is 16.4 Å². The monoisotopic (exact) mass is 578 g/mol. The van der Waals surface area contributed by atoms with Gasteiger partial charge in [0.05, 0.1) is 5.57 Å². The van der Waals surface area contributed by atoms with Crippen molar-refractivity contribution < 1.29 is 22.4 Å². The number of anilines is 1. The summed E-state index contributed by atoms with van der Waals surface area (Å²) < 4.78 is 46.5. The van der Waals surface area contributed by atoms with Crippen LogP contribution in [0.5, 0.6) is 0 Å². The van der Waals surface area contributed by atoms with Crippen LogP contribution in [0.15, 0.2) is 74.2 Å². The van der Waals surface area contributed by atoms with Crippen molar-refractivity contribution in [2.45, 2.75) is 44.7 Å². The summed E-state index contributed by atoms with van der Waals surface area (Å²) in [5.74, 6) is -1.33. The summed E-state index contributed by atoms with van der Waals surface area (Å²) in [4.78, 5) is 26.1. The number of nitrogens with one attached hydrogen (secondary N) is 2. The van der Waals surface area contributed by atoms with E-state index in [4.69, 9.17) is 21.8 Å². The highest BCUT2D eigenvalue weighted by Gasteiger charge is 2.44. The van der Waals surface area contributed by atoms with Gasteiger partial charge in [-0.1, -0.05) is 74.0 Å². The summed E-state index contributed by atoms with van der Waals surface area (Å²) in [7, 11) is 0. The second-order valence-electron chi connectivity index (χ2n) is 8.90. The number of oxazole rings is 1. The number of para-hydroxylation sites is 2. The van der Waals surface area contributed by atoms with Gasteiger partial charge in [0.1, 0.15) is 16.8 Å². The van der Waals surface area contributed by atoms with Gasteiger partial charge in [0.25, 0.3) is 5.91 Å². The van der Waals surface area contributed by atoms with Crippen molar-refractivity contribution in [1.82, 2.24) is 10.3 Å². The van der Waals surface area contributed by atoms with Gasteiger partial charge in [-0.25, -0.2) is 4.99 Å². The highest BCUT2D eigenvalue weighted by atomic mass is 35.5. The number of allylic oxidation sites excluding steroid dienone is 1. The van der Waals surface area contributed by atoms with Crippen LogP contribution in [0.4, 0.5) is 19.2 Å². The number of aliphatic imine (C=N–C) groups is 2. The molecule has 0 spiro atoms. The summed E-state index contributed by atoms with van der Waals surface area (Å²) in [6, 6.07) is 13.2. The number of thioether (sulfide) groups is 1. The predicted molar refractivity (Wildman–Crippen MR) is 149 cm³/mol. The number of hydrogen-bond acceptors (Lipinski definition) is 7. The lowest BCUT2D eigenvalue weighted by molar-refractivity contribution is -0.136. The average molecular weight is 579 g/mol. The number of alkyl halides is 3. The van der Waals surface area contributed by atoms with Crippen LogP contribution >= 0.6 is 23.4 Å². The maximum Gasteiger partial charge on any atom is 0.401 e. The molecular formula is C26H26ClF3N6O2S. The van der Waals surface area contributed by atoms with E-state index in [1.165, 1.54) is 6.92 Å². The molecule has 1 aliphatic rings. The number of hydrogen-bond donors (Lipinski definition) is 3. The van der Waals surface area contributed by atoms with Crippen LogP contribution in [-0.2, 0) is 4.79 Å². The SMILES string of the molecule is CCC(C)C(SC(N)=NC(=O)C1=C(C)NC(Nc2nc3ccccc3o2)=NC1c1ccccc1Cl)C(F)(F)F. The molecule has 13 heteroatoms. The molecule has 8 nitrogen and oxygen atoms in total. The zero-order chi connectivity index (χ0) is 28.3. The van der Waals surface area contributed by atoms with Crippen LogP contribution in [0.3, 0.4) is 0 Å². The number of benzene rings is 2. The minimum atomic E-state index is -4.51. The second-order valence-corrected chi connectivity index (χ2v) is 10.5. The normalized spacial score (nSPS) is 18.0. The molecule has 1 amide bonds. The van der Waals surface area contributed by atoms with Crippen molar-refractivity contribution in [3.63, 3.8) is 0 Å². The van der Waals surface area contributed by atoms with Gasteiger partial charge in [0, 0.05) is 16.3 Å². The Morgan fingerprint density at radius 1 is 1.26 bits per heavy atom. The smallest absolute Gasteiger partial charge is 0.401 e. The third kappa shape index (κ3) is 6.56. The van der Waals surface area contributed by atoms with Crippen LogP contribution in [-0.4, -0.2) is 33.4 Å². The zero-order valence-electron chi connectivity index (χ0n) is 21.2. The van der Waals surface area contributed by atoms with Gasteiger partial charge < -0.3 is 15.5 Å². The van der Waals surface area contributed by atoms with Gasteiger partial charge in [0.15, 0.2) is 10.8 Å². The van der Waals surface area contributed by atoms with Crippen molar-refractivity contribution in [2.24, 2.45) is 21.6 Å². The van der Waals surface area contributed by atoms with E-state index in [2.05, 4.69) is 25.6 Å². The van der Waals surface area contributed by atoms with Gasteiger partial charge >= 0.3 is 12.2 Å². The van der Waals surface area contributed by atoms with Crippen molar-refractivity contribution in [3.8, 4) is 0 Å². The minimum absolute atomic E-state index is 0.0851. The van der Waals surface area contributed by atoms with E-state index in [1.807, 2.05) is 12.1 Å². The number of carbonyl (C=O) groups excluding carboxylic acids is 1. The quantitative estimate of drug-likeness (QED) is 0.228. The van der Waals surface area contributed by atoms with E-state index in [9.17, 15) is 18.0 Å². The maximum absolute atomic E-state index is 13.6. The fraction of sp³-hybridized carbons (Fsp3) is 0.308. The number of fused-ring (bicyclic) bond motifs is 1. The molecule has 206 valence electrons. The molecule has 4 rings (SSSR count). The first-order chi connectivity index (χ1) is 18.5. The largest absolute Gasteiger partial charge is 0.423 e. The molecule has 0 aliphatic carbocycles. The van der Waals surface area contributed by atoms with Gasteiger partial charge in [0.2, 0.25) is 5.96 Å². The van der Waals surface area contributed by atoms with Gasteiger partial charge in [-0.3, -0.25) is 10.1 Å². The molecule has 3 aromatic rings. The molecule has 0 fully saturated rings. The number of aromatic nitrogens is 1. The summed E-state index contributed by atoms with van der Waals surface area (Å²) in [5, 5.41) is 4.00. The molecule has 1 aromatic heterocycles. The summed E-state index contributed by atoms with van der Waals surface area (Å²) in [5.41, 5.74) is 7.99. The molecule has 0 radical (unpaired) electrons. The lowest BCUT2D eigenvalue weighted by atomic mass is 9.96. The summed E-state index contributed by atoms with van der Waals surface area (Å²) in [6.45, 7) is 4.75. The predicted octanol–water partition coefficient (Wildman–Crippen LogP) is 6.42. The molecule has 3 unspecified atom stereocenters. The fourth-order valence-corrected chi connectivity index (χ4v) is 5.20. The lowest BCUT2D eigenvalue weighted by Crippen LogP contribution is -2.37. The van der Waals surface area contributed by atoms with Gasteiger partial charge in [-0.05, 0) is 31.0 Å². The number of halogens is 4. The van der Waals surface area contributed by atoms with E-state index in [-0.39, 0.29) is 24.0 Å². The lowest BCUT2D eigenvalue weighted by Gasteiger charge is -2.26. The van der Waals surface area contributed by atoms with Crippen molar-refractivity contribution in [2.75, 3.05) is 5.32 Å². The Balaban J connectivity index is 1.66. The molecule has 0 saturated carbocycles. The standard InChI is InChI=1S/C26H26ClF3N6O2S/c1-4-13(2)21(26(28,29)30)39-23(31)35-22(37)19-14(3)32-24(34-20(19)15-9-5-6-10-16(15)27)36-25-33-17-11-7-8-12-18(17)38-25/h5-13,20-21H,4H2,1-3H3,(H2,31,35,37)(H2,32,33,34,36). The van der Waals surface area contributed by atoms with E-state index < -0.39 is 34.5 Å². The Hall–Kier alpha value is -3.51. The minimum Gasteiger partial charge on any atom is -0.423 e. The Kier molecular flexibility index (Phi) is 8.55. The number of nitrogens with two attached hydrogens (primary N) is 1. The highest BCUT2D eigenvalue weighted by Crippen LogP contribution is 2.38. The Morgan fingerprint density at radius 3 is 2.62 bits per heavy atom. The van der Waals surface area contributed by atoms with E-state index in [0.717, 1.165) is 0 Å². The molecule has 39 heavy (non-hydrogen) atoms. The average Bonchev–Trinajstić information content (AvgIpc) is 3.28. The number of amidine groups is 1. The second kappa shape index (κ2) is 11.7. The Labute approximate surface area is 232 Å². The third-order valence-electron chi connectivity index (χ3n) is 6.13. The number of carbonyl (C=O) groups is 1. The zero-order valence-corrected chi connectivity index (χ0v) is 22.8. The highest BCUT2D eigenvalue weighted by molar-refractivity contribution is 8.14. The maximum atomic E-state index is 13.6. The topological polar surface area (TPSA) is 118 Å². The molecule has 0 saturated heterocycles. The van der Waals surface area contributed by atoms with E-state index >= 15 is 0 Å². The van der Waals surface area contributed by atoms with Gasteiger partial charge in [-0.15, -0.1) is 0 Å². The molecule has 1 aliphatic heterocycles. The van der Waals surface area contributed by atoms with Crippen molar-refractivity contribution in [3.05, 3.63) is 70.4 Å². The molecule has 3 atom stereocenters. The van der Waals surface area contributed by atoms with Crippen molar-refractivity contribution >= 4 is 57.5 Å². The number of rotatable bonds is 6. The van der Waals surface area contributed by atoms with Crippen LogP contribution in [0.2, 0.25) is 5.02 Å². The molecule has 0 bridgehead atoms. The van der Waals surface area contributed by atoms with E-state index in [0.29, 0.717) is 39.1 Å². The summed E-state index contributed by atoms with van der Waals surface area (Å²) in [6.07, 6.45) is -4.23. The van der Waals surface area contributed by atoms with Crippen molar-refractivity contribution in [1.29, 1.82) is 0 Å². The number of guanidine groups is 1. The first-order valence-corrected chi connectivity index (χ1v) is 13.3. The number of amides is 1. The third-order valence-corrected chi connectivity index (χ3v) is 7.80. The first-order valence-electron chi connectivity index (χ1n) is 12.0. The first kappa shape index (κ1) is 28.5. The molecule has 2 aromatic carbocycles.